The first kappa shape index (κ1) is 17.1. The molecule has 0 aliphatic carbocycles. The fourth-order valence-electron chi connectivity index (χ4n) is 2.30. The zero-order valence-electron chi connectivity index (χ0n) is 13.6. The number of rotatable bonds is 7. The second kappa shape index (κ2) is 8.39. The zero-order valence-corrected chi connectivity index (χ0v) is 14.4. The number of nitrogens with one attached hydrogen (secondary N) is 1. The van der Waals surface area contributed by atoms with Crippen LogP contribution in [0.5, 0.6) is 0 Å². The molecule has 1 N–H and O–H groups in total. The molecule has 1 amide bonds. The fraction of sp³-hybridized carbons (Fsp3) is 0.211. The molecule has 1 heterocycles. The Morgan fingerprint density at radius 1 is 1.04 bits per heavy atom. The topological polar surface area (TPSA) is 68.3 Å². The molecule has 0 radical (unpaired) electrons. The molecule has 1 aromatic heterocycles. The van der Waals surface area contributed by atoms with Gasteiger partial charge in [0.2, 0.25) is 0 Å². The highest BCUT2D eigenvalue weighted by molar-refractivity contribution is 7.18. The van der Waals surface area contributed by atoms with Crippen molar-refractivity contribution in [2.75, 3.05) is 6.61 Å². The number of thiazole rings is 1. The summed E-state index contributed by atoms with van der Waals surface area (Å²) in [5.74, 6) is -0.702. The quantitative estimate of drug-likeness (QED) is 0.662. The summed E-state index contributed by atoms with van der Waals surface area (Å²) in [7, 11) is 0. The van der Waals surface area contributed by atoms with Gasteiger partial charge in [-0.15, -0.1) is 11.3 Å². The number of carbonyl (C=O) groups excluding carboxylic acids is 2. The summed E-state index contributed by atoms with van der Waals surface area (Å²) in [5.41, 5.74) is 1.94. The van der Waals surface area contributed by atoms with Gasteiger partial charge in [-0.05, 0) is 17.7 Å². The minimum atomic E-state index is -0.394. The fourth-order valence-corrected chi connectivity index (χ4v) is 3.27. The first-order valence-electron chi connectivity index (χ1n) is 8.01. The number of carbonyl (C=O) groups is 2. The average Bonchev–Trinajstić information content (AvgIpc) is 3.07. The number of esters is 1. The monoisotopic (exact) mass is 354 g/mol. The molecular weight excluding hydrogens is 336 g/mol. The predicted octanol–water partition coefficient (Wildman–Crippen LogP) is 3.09. The van der Waals surface area contributed by atoms with E-state index in [-0.39, 0.29) is 18.9 Å². The van der Waals surface area contributed by atoms with Crippen LogP contribution in [-0.4, -0.2) is 23.5 Å². The van der Waals surface area contributed by atoms with E-state index in [1.807, 2.05) is 54.6 Å². The van der Waals surface area contributed by atoms with E-state index in [0.717, 1.165) is 20.8 Å². The summed E-state index contributed by atoms with van der Waals surface area (Å²) >= 11 is 1.57. The van der Waals surface area contributed by atoms with E-state index in [1.165, 1.54) is 0 Å². The first-order chi connectivity index (χ1) is 12.2. The lowest BCUT2D eigenvalue weighted by Gasteiger charge is -2.06. The molecule has 0 saturated carbocycles. The Morgan fingerprint density at radius 2 is 1.80 bits per heavy atom. The van der Waals surface area contributed by atoms with Gasteiger partial charge in [0, 0.05) is 13.0 Å². The molecule has 0 unspecified atom stereocenters. The van der Waals surface area contributed by atoms with E-state index in [2.05, 4.69) is 10.3 Å². The Bertz CT molecular complexity index is 828. The van der Waals surface area contributed by atoms with Crippen LogP contribution in [-0.2, 0) is 27.3 Å². The molecule has 2 aromatic carbocycles. The molecule has 25 heavy (non-hydrogen) atoms. The third kappa shape index (κ3) is 5.12. The summed E-state index contributed by atoms with van der Waals surface area (Å²) in [5, 5.41) is 3.61. The third-order valence-corrected chi connectivity index (χ3v) is 4.67. The van der Waals surface area contributed by atoms with E-state index in [1.54, 1.807) is 11.3 Å². The van der Waals surface area contributed by atoms with Crippen LogP contribution in [0.4, 0.5) is 0 Å². The van der Waals surface area contributed by atoms with Gasteiger partial charge in [0.25, 0.3) is 5.91 Å². The third-order valence-electron chi connectivity index (χ3n) is 3.58. The Balaban J connectivity index is 1.38. The normalized spacial score (nSPS) is 10.6. The van der Waals surface area contributed by atoms with Crippen molar-refractivity contribution in [3.63, 3.8) is 0 Å². The molecule has 3 rings (SSSR count). The van der Waals surface area contributed by atoms with Gasteiger partial charge in [-0.3, -0.25) is 9.59 Å². The highest BCUT2D eigenvalue weighted by Crippen LogP contribution is 2.22. The van der Waals surface area contributed by atoms with Crippen LogP contribution in [0.15, 0.2) is 54.6 Å². The number of nitrogens with zero attached hydrogens (tertiary/aromatic N) is 1. The first-order valence-corrected chi connectivity index (χ1v) is 8.83. The van der Waals surface area contributed by atoms with Crippen molar-refractivity contribution < 1.29 is 14.3 Å². The Kier molecular flexibility index (Phi) is 5.74. The van der Waals surface area contributed by atoms with Crippen LogP contribution in [0.1, 0.15) is 17.0 Å². The molecule has 0 atom stereocenters. The van der Waals surface area contributed by atoms with Crippen molar-refractivity contribution >= 4 is 33.4 Å². The molecule has 5 nitrogen and oxygen atoms in total. The minimum absolute atomic E-state index is 0.214. The number of ether oxygens (including phenoxy) is 1. The Labute approximate surface area is 149 Å². The average molecular weight is 354 g/mol. The molecule has 0 fully saturated rings. The van der Waals surface area contributed by atoms with E-state index in [9.17, 15) is 9.59 Å². The van der Waals surface area contributed by atoms with Crippen molar-refractivity contribution in [1.29, 1.82) is 0 Å². The highest BCUT2D eigenvalue weighted by atomic mass is 32.1. The van der Waals surface area contributed by atoms with E-state index >= 15 is 0 Å². The molecule has 6 heteroatoms. The molecule has 0 aliphatic heterocycles. The summed E-state index contributed by atoms with van der Waals surface area (Å²) in [6.45, 7) is 0.161. The predicted molar refractivity (Wildman–Crippen MR) is 97.2 cm³/mol. The van der Waals surface area contributed by atoms with Crippen LogP contribution in [0, 0.1) is 0 Å². The van der Waals surface area contributed by atoms with Gasteiger partial charge in [0.15, 0.2) is 6.61 Å². The number of amides is 1. The van der Waals surface area contributed by atoms with Gasteiger partial charge in [-0.1, -0.05) is 42.5 Å². The summed E-state index contributed by atoms with van der Waals surface area (Å²) < 4.78 is 6.12. The van der Waals surface area contributed by atoms with E-state index < -0.39 is 5.97 Å². The lowest BCUT2D eigenvalue weighted by molar-refractivity contribution is -0.148. The number of benzene rings is 2. The van der Waals surface area contributed by atoms with Crippen molar-refractivity contribution in [1.82, 2.24) is 10.3 Å². The highest BCUT2D eigenvalue weighted by Gasteiger charge is 2.10. The number of aryl methyl sites for hydroxylation is 1. The molecular formula is C19H18N2O3S. The maximum Gasteiger partial charge on any atom is 0.306 e. The minimum Gasteiger partial charge on any atom is -0.456 e. The number of para-hydroxylation sites is 1. The van der Waals surface area contributed by atoms with Crippen molar-refractivity contribution in [3.05, 3.63) is 65.2 Å². The van der Waals surface area contributed by atoms with Gasteiger partial charge in [0.05, 0.1) is 21.6 Å². The second-order valence-corrected chi connectivity index (χ2v) is 6.61. The largest absolute Gasteiger partial charge is 0.456 e. The Morgan fingerprint density at radius 3 is 2.60 bits per heavy atom. The van der Waals surface area contributed by atoms with E-state index in [0.29, 0.717) is 13.0 Å². The standard InChI is InChI=1S/C19H18N2O3S/c22-17(20-12-14-6-2-1-3-7-14)13-24-19(23)11-10-18-21-15-8-4-5-9-16(15)25-18/h1-9H,10-13H2,(H,20,22). The maximum atomic E-state index is 11.8. The molecule has 0 bridgehead atoms. The number of fused-ring (bicyclic) bond motifs is 1. The molecule has 0 spiro atoms. The van der Waals surface area contributed by atoms with Crippen LogP contribution >= 0.6 is 11.3 Å². The maximum absolute atomic E-state index is 11.8. The van der Waals surface area contributed by atoms with Crippen LogP contribution in [0.2, 0.25) is 0 Å². The van der Waals surface area contributed by atoms with Gasteiger partial charge in [-0.2, -0.15) is 0 Å². The van der Waals surface area contributed by atoms with Gasteiger partial charge >= 0.3 is 5.97 Å². The molecule has 0 aliphatic rings. The zero-order chi connectivity index (χ0) is 17.5. The van der Waals surface area contributed by atoms with Crippen molar-refractivity contribution in [2.45, 2.75) is 19.4 Å². The number of hydrogen-bond donors (Lipinski definition) is 1. The van der Waals surface area contributed by atoms with Gasteiger partial charge in [0.1, 0.15) is 0 Å². The van der Waals surface area contributed by atoms with Crippen LogP contribution < -0.4 is 5.32 Å². The van der Waals surface area contributed by atoms with Crippen LogP contribution in [0.25, 0.3) is 10.2 Å². The number of aromatic nitrogens is 1. The van der Waals surface area contributed by atoms with Gasteiger partial charge < -0.3 is 10.1 Å². The number of hydrogen-bond acceptors (Lipinski definition) is 5. The lowest BCUT2D eigenvalue weighted by atomic mass is 10.2. The SMILES string of the molecule is O=C(COC(=O)CCc1nc2ccccc2s1)NCc1ccccc1. The molecule has 128 valence electrons. The van der Waals surface area contributed by atoms with Crippen LogP contribution in [0.3, 0.4) is 0 Å². The summed E-state index contributed by atoms with van der Waals surface area (Å²) in [4.78, 5) is 28.0. The molecule has 3 aromatic rings. The Hall–Kier alpha value is -2.73. The second-order valence-electron chi connectivity index (χ2n) is 5.50. The van der Waals surface area contributed by atoms with Crippen molar-refractivity contribution in [2.24, 2.45) is 0 Å². The summed E-state index contributed by atoms with van der Waals surface area (Å²) in [6, 6.07) is 17.4. The van der Waals surface area contributed by atoms with Gasteiger partial charge in [-0.25, -0.2) is 4.98 Å². The lowest BCUT2D eigenvalue weighted by Crippen LogP contribution is -2.28. The van der Waals surface area contributed by atoms with Crippen molar-refractivity contribution in [3.8, 4) is 0 Å². The molecule has 0 saturated heterocycles. The smallest absolute Gasteiger partial charge is 0.306 e. The van der Waals surface area contributed by atoms with E-state index in [4.69, 9.17) is 4.74 Å². The summed E-state index contributed by atoms with van der Waals surface area (Å²) in [6.07, 6.45) is 0.732.